The van der Waals surface area contributed by atoms with Crippen molar-refractivity contribution in [3.63, 3.8) is 0 Å². The first-order valence-corrected chi connectivity index (χ1v) is 23.4. The standard InChI is InChI=1S/C65H47NO/c1-40-16-5-7-18-48(40)50-34-32-46(38-42(50)3)66(47-33-35-51(43(4)39-47)49-19-8-6-17-41(49)2)45-30-28-44(29-31-45)52-23-15-24-55-53-20-9-12-25-58(53)65(63(52)55)59-26-13-10-22-57(59)62-60(65)37-36-56-54-21-11-14-27-61(54)67-64(56)62/h5-39H,1-4H3. The van der Waals surface area contributed by atoms with Gasteiger partial charge in [-0.1, -0.05) is 170 Å². The van der Waals surface area contributed by atoms with Crippen LogP contribution in [0.25, 0.3) is 77.6 Å². The van der Waals surface area contributed by atoms with Gasteiger partial charge < -0.3 is 9.32 Å². The summed E-state index contributed by atoms with van der Waals surface area (Å²) in [6, 6.07) is 78.6. The van der Waals surface area contributed by atoms with Crippen LogP contribution < -0.4 is 4.90 Å². The number of fused-ring (bicyclic) bond motifs is 14. The Morgan fingerprint density at radius 2 is 0.851 bits per heavy atom. The van der Waals surface area contributed by atoms with Crippen molar-refractivity contribution in [2.45, 2.75) is 33.1 Å². The van der Waals surface area contributed by atoms with Crippen LogP contribution in [0.15, 0.2) is 217 Å². The Kier molecular flexibility index (Phi) is 8.73. The smallest absolute Gasteiger partial charge is 0.143 e. The van der Waals surface area contributed by atoms with E-state index in [9.17, 15) is 0 Å². The molecule has 2 heteroatoms. The van der Waals surface area contributed by atoms with Crippen molar-refractivity contribution in [1.29, 1.82) is 0 Å². The topological polar surface area (TPSA) is 16.4 Å². The number of aryl methyl sites for hydroxylation is 4. The van der Waals surface area contributed by atoms with E-state index >= 15 is 0 Å². The highest BCUT2D eigenvalue weighted by Crippen LogP contribution is 2.65. The van der Waals surface area contributed by atoms with Gasteiger partial charge >= 0.3 is 0 Å². The number of furan rings is 1. The van der Waals surface area contributed by atoms with E-state index in [0.717, 1.165) is 39.0 Å². The van der Waals surface area contributed by atoms with Crippen LogP contribution in [0.5, 0.6) is 0 Å². The van der Waals surface area contributed by atoms with Gasteiger partial charge in [-0.05, 0) is 165 Å². The maximum atomic E-state index is 6.83. The van der Waals surface area contributed by atoms with Crippen molar-refractivity contribution in [2.75, 3.05) is 4.90 Å². The zero-order valence-electron chi connectivity index (χ0n) is 38.1. The third kappa shape index (κ3) is 5.69. The first-order chi connectivity index (χ1) is 32.9. The average Bonchev–Trinajstić information content (AvgIpc) is 3.99. The quantitative estimate of drug-likeness (QED) is 0.166. The number of benzene rings is 10. The van der Waals surface area contributed by atoms with E-state index in [1.165, 1.54) is 100 Å². The molecule has 10 aromatic carbocycles. The van der Waals surface area contributed by atoms with Crippen LogP contribution in [0, 0.1) is 27.7 Å². The molecule has 0 saturated carbocycles. The largest absolute Gasteiger partial charge is 0.455 e. The Bertz CT molecular complexity index is 3720. The highest BCUT2D eigenvalue weighted by molar-refractivity contribution is 6.13. The Hall–Kier alpha value is -8.20. The van der Waals surface area contributed by atoms with Crippen LogP contribution in [-0.2, 0) is 5.41 Å². The van der Waals surface area contributed by atoms with Crippen LogP contribution in [0.1, 0.15) is 44.5 Å². The van der Waals surface area contributed by atoms with Crippen molar-refractivity contribution >= 4 is 39.0 Å². The predicted octanol–water partition coefficient (Wildman–Crippen LogP) is 17.6. The Morgan fingerprint density at radius 1 is 0.343 bits per heavy atom. The summed E-state index contributed by atoms with van der Waals surface area (Å²) in [5, 5.41) is 2.30. The molecule has 0 bridgehead atoms. The van der Waals surface area contributed by atoms with Crippen molar-refractivity contribution in [3.05, 3.63) is 257 Å². The molecule has 1 heterocycles. The molecule has 2 nitrogen and oxygen atoms in total. The molecule has 1 atom stereocenters. The number of nitrogens with zero attached hydrogens (tertiary/aromatic N) is 1. The molecule has 1 spiro atoms. The minimum atomic E-state index is -0.543. The van der Waals surface area contributed by atoms with E-state index < -0.39 is 5.41 Å². The third-order valence-corrected chi connectivity index (χ3v) is 14.9. The second kappa shape index (κ2) is 14.9. The molecular formula is C65H47NO. The van der Waals surface area contributed by atoms with Gasteiger partial charge in [0.1, 0.15) is 11.2 Å². The Labute approximate surface area is 392 Å². The summed E-state index contributed by atoms with van der Waals surface area (Å²) in [7, 11) is 0. The number of anilines is 3. The first-order valence-electron chi connectivity index (χ1n) is 23.4. The van der Waals surface area contributed by atoms with Crippen LogP contribution in [0.2, 0.25) is 0 Å². The normalized spacial score (nSPS) is 14.3. The number of rotatable bonds is 6. The molecule has 11 aromatic rings. The third-order valence-electron chi connectivity index (χ3n) is 14.9. The summed E-state index contributed by atoms with van der Waals surface area (Å²) in [4.78, 5) is 2.42. The van der Waals surface area contributed by atoms with E-state index in [4.69, 9.17) is 4.42 Å². The maximum Gasteiger partial charge on any atom is 0.143 e. The Morgan fingerprint density at radius 3 is 1.49 bits per heavy atom. The Balaban J connectivity index is 0.988. The molecule has 1 aromatic heterocycles. The van der Waals surface area contributed by atoms with Gasteiger partial charge in [0.05, 0.1) is 5.41 Å². The van der Waals surface area contributed by atoms with Gasteiger partial charge in [0.2, 0.25) is 0 Å². The molecule has 0 radical (unpaired) electrons. The zero-order valence-corrected chi connectivity index (χ0v) is 38.1. The predicted molar refractivity (Wildman–Crippen MR) is 280 cm³/mol. The molecule has 1 unspecified atom stereocenters. The maximum absolute atomic E-state index is 6.83. The highest BCUT2D eigenvalue weighted by Gasteiger charge is 2.53. The van der Waals surface area contributed by atoms with E-state index in [1.807, 2.05) is 0 Å². The number of hydrogen-bond donors (Lipinski definition) is 0. The second-order valence-electron chi connectivity index (χ2n) is 18.5. The van der Waals surface area contributed by atoms with E-state index in [-0.39, 0.29) is 0 Å². The zero-order chi connectivity index (χ0) is 45.0. The van der Waals surface area contributed by atoms with Crippen molar-refractivity contribution < 1.29 is 4.42 Å². The fraction of sp³-hybridized carbons (Fsp3) is 0.0769. The van der Waals surface area contributed by atoms with E-state index in [0.29, 0.717) is 0 Å². The van der Waals surface area contributed by atoms with Crippen molar-refractivity contribution in [2.24, 2.45) is 0 Å². The van der Waals surface area contributed by atoms with Crippen LogP contribution in [-0.4, -0.2) is 0 Å². The summed E-state index contributed by atoms with van der Waals surface area (Å²) >= 11 is 0. The number of hydrogen-bond acceptors (Lipinski definition) is 2. The van der Waals surface area contributed by atoms with Gasteiger partial charge in [-0.2, -0.15) is 0 Å². The average molecular weight is 858 g/mol. The fourth-order valence-corrected chi connectivity index (χ4v) is 11.9. The van der Waals surface area contributed by atoms with Gasteiger partial charge in [-0.25, -0.2) is 0 Å². The molecule has 2 aliphatic carbocycles. The van der Waals surface area contributed by atoms with Gasteiger partial charge in [0.25, 0.3) is 0 Å². The van der Waals surface area contributed by atoms with Crippen molar-refractivity contribution in [3.8, 4) is 55.6 Å². The summed E-state index contributed by atoms with van der Waals surface area (Å²) < 4.78 is 6.83. The van der Waals surface area contributed by atoms with Gasteiger partial charge in [-0.15, -0.1) is 0 Å². The molecule has 67 heavy (non-hydrogen) atoms. The van der Waals surface area contributed by atoms with Gasteiger partial charge in [0.15, 0.2) is 0 Å². The van der Waals surface area contributed by atoms with Gasteiger partial charge in [-0.3, -0.25) is 0 Å². The SMILES string of the molecule is Cc1ccccc1-c1ccc(N(c2ccc(-c3cccc4c3C3(c5ccccc5-4)c4ccccc4-c4c3ccc3c4oc4ccccc43)cc2)c2ccc(-c3ccccc3C)c(C)c2)cc1C. The van der Waals surface area contributed by atoms with Gasteiger partial charge in [0, 0.05) is 33.4 Å². The van der Waals surface area contributed by atoms with Crippen LogP contribution in [0.4, 0.5) is 17.1 Å². The number of para-hydroxylation sites is 1. The van der Waals surface area contributed by atoms with Crippen molar-refractivity contribution in [1.82, 2.24) is 0 Å². The highest BCUT2D eigenvalue weighted by atomic mass is 16.3. The molecular weight excluding hydrogens is 811 g/mol. The molecule has 0 aliphatic heterocycles. The lowest BCUT2D eigenvalue weighted by Crippen LogP contribution is -2.26. The first kappa shape index (κ1) is 39.2. The summed E-state index contributed by atoms with van der Waals surface area (Å²) in [6.45, 7) is 8.87. The lowest BCUT2D eigenvalue weighted by molar-refractivity contribution is 0.669. The van der Waals surface area contributed by atoms with Crippen LogP contribution >= 0.6 is 0 Å². The molecule has 0 saturated heterocycles. The second-order valence-corrected chi connectivity index (χ2v) is 18.5. The molecule has 0 N–H and O–H groups in total. The van der Waals surface area contributed by atoms with E-state index in [2.05, 4.69) is 245 Å². The summed E-state index contributed by atoms with van der Waals surface area (Å²) in [5.74, 6) is 0. The molecule has 0 amide bonds. The van der Waals surface area contributed by atoms with Crippen LogP contribution in [0.3, 0.4) is 0 Å². The molecule has 0 fully saturated rings. The monoisotopic (exact) mass is 857 g/mol. The minimum Gasteiger partial charge on any atom is -0.455 e. The molecule has 13 rings (SSSR count). The molecule has 318 valence electrons. The lowest BCUT2D eigenvalue weighted by atomic mass is 9.68. The summed E-state index contributed by atoms with van der Waals surface area (Å²) in [5.41, 5.74) is 27.4. The van der Waals surface area contributed by atoms with E-state index in [1.54, 1.807) is 0 Å². The lowest BCUT2D eigenvalue weighted by Gasteiger charge is -2.32. The summed E-state index contributed by atoms with van der Waals surface area (Å²) in [6.07, 6.45) is 0. The minimum absolute atomic E-state index is 0.543. The fourth-order valence-electron chi connectivity index (χ4n) is 11.9. The molecule has 2 aliphatic rings.